The Morgan fingerprint density at radius 2 is 1.61 bits per heavy atom. The number of urea groups is 1. The van der Waals surface area contributed by atoms with Crippen LogP contribution in [0.25, 0.3) is 0 Å². The summed E-state index contributed by atoms with van der Waals surface area (Å²) in [6.07, 6.45) is 2.54. The maximum atomic E-state index is 13.1. The lowest BCUT2D eigenvalue weighted by Gasteiger charge is -2.25. The highest BCUT2D eigenvalue weighted by atomic mass is 16.3. The van der Waals surface area contributed by atoms with E-state index in [9.17, 15) is 33.9 Å². The number of primary amides is 1. The maximum absolute atomic E-state index is 13.1. The van der Waals surface area contributed by atoms with E-state index in [0.717, 1.165) is 17.1 Å². The van der Waals surface area contributed by atoms with Gasteiger partial charge in [-0.1, -0.05) is 26.0 Å². The van der Waals surface area contributed by atoms with Gasteiger partial charge in [0.1, 0.15) is 12.1 Å². The molecule has 1 aliphatic heterocycles. The predicted molar refractivity (Wildman–Crippen MR) is 137 cm³/mol. The van der Waals surface area contributed by atoms with E-state index < -0.39 is 47.7 Å². The molecule has 2 atom stereocenters. The van der Waals surface area contributed by atoms with Crippen molar-refractivity contribution < 1.29 is 33.9 Å². The molecule has 1 aromatic carbocycles. The van der Waals surface area contributed by atoms with Crippen molar-refractivity contribution in [2.75, 3.05) is 18.4 Å². The summed E-state index contributed by atoms with van der Waals surface area (Å²) in [5.74, 6) is -3.01. The van der Waals surface area contributed by atoms with Crippen molar-refractivity contribution in [1.82, 2.24) is 20.9 Å². The lowest BCUT2D eigenvalue weighted by molar-refractivity contribution is -0.137. The number of hydrogen-bond donors (Lipinski definition) is 6. The van der Waals surface area contributed by atoms with Gasteiger partial charge >= 0.3 is 6.03 Å². The summed E-state index contributed by atoms with van der Waals surface area (Å²) in [4.78, 5) is 73.9. The SMILES string of the molecule is CC(C)C(NC(=O)CCN1C(=O)C=CC1=O)C(=O)NC(CCCNC(N)=O)C(=O)Nc1ccc(CO)cc1. The number of nitrogens with two attached hydrogens (primary N) is 1. The number of aliphatic hydroxyl groups is 1. The van der Waals surface area contributed by atoms with Gasteiger partial charge in [0.05, 0.1) is 6.61 Å². The lowest BCUT2D eigenvalue weighted by atomic mass is 10.0. The fraction of sp³-hybridized carbons (Fsp3) is 0.440. The van der Waals surface area contributed by atoms with Crippen LogP contribution in [0, 0.1) is 5.92 Å². The zero-order chi connectivity index (χ0) is 28.2. The molecule has 0 aromatic heterocycles. The first kappa shape index (κ1) is 30.0. The summed E-state index contributed by atoms with van der Waals surface area (Å²) in [6, 6.07) is 3.80. The largest absolute Gasteiger partial charge is 0.392 e. The molecule has 0 fully saturated rings. The highest BCUT2D eigenvalue weighted by Crippen LogP contribution is 2.12. The lowest BCUT2D eigenvalue weighted by Crippen LogP contribution is -2.54. The van der Waals surface area contributed by atoms with E-state index in [0.29, 0.717) is 17.7 Å². The van der Waals surface area contributed by atoms with E-state index in [1.54, 1.807) is 38.1 Å². The van der Waals surface area contributed by atoms with Crippen molar-refractivity contribution in [2.24, 2.45) is 11.7 Å². The Hall–Kier alpha value is -4.26. The van der Waals surface area contributed by atoms with Crippen molar-refractivity contribution >= 4 is 41.3 Å². The molecule has 7 amide bonds. The number of aliphatic hydroxyl groups excluding tert-OH is 1. The van der Waals surface area contributed by atoms with Gasteiger partial charge in [-0.05, 0) is 36.5 Å². The van der Waals surface area contributed by atoms with Gasteiger partial charge in [-0.2, -0.15) is 0 Å². The third kappa shape index (κ3) is 9.32. The quantitative estimate of drug-likeness (QED) is 0.138. The van der Waals surface area contributed by atoms with E-state index in [1.165, 1.54) is 0 Å². The minimum Gasteiger partial charge on any atom is -0.392 e. The average Bonchev–Trinajstić information content (AvgIpc) is 3.19. The summed E-state index contributed by atoms with van der Waals surface area (Å²) < 4.78 is 0. The fourth-order valence-electron chi connectivity index (χ4n) is 3.62. The molecule has 2 unspecified atom stereocenters. The van der Waals surface area contributed by atoms with Gasteiger partial charge in [-0.25, -0.2) is 4.79 Å². The monoisotopic (exact) mass is 530 g/mol. The second-order valence-corrected chi connectivity index (χ2v) is 9.04. The Bertz CT molecular complexity index is 1050. The van der Waals surface area contributed by atoms with E-state index in [2.05, 4.69) is 21.3 Å². The van der Waals surface area contributed by atoms with E-state index in [4.69, 9.17) is 5.73 Å². The second-order valence-electron chi connectivity index (χ2n) is 9.04. The van der Waals surface area contributed by atoms with E-state index >= 15 is 0 Å². The molecule has 206 valence electrons. The van der Waals surface area contributed by atoms with Crippen molar-refractivity contribution in [1.29, 1.82) is 0 Å². The van der Waals surface area contributed by atoms with E-state index in [-0.39, 0.29) is 38.5 Å². The van der Waals surface area contributed by atoms with Crippen LogP contribution < -0.4 is 27.0 Å². The molecule has 13 nitrogen and oxygen atoms in total. The number of rotatable bonds is 14. The summed E-state index contributed by atoms with van der Waals surface area (Å²) in [5.41, 5.74) is 6.19. The third-order valence-electron chi connectivity index (χ3n) is 5.73. The first-order chi connectivity index (χ1) is 18.0. The Morgan fingerprint density at radius 1 is 0.974 bits per heavy atom. The van der Waals surface area contributed by atoms with Crippen LogP contribution in [-0.2, 0) is 30.6 Å². The molecule has 0 bridgehead atoms. The minimum absolute atomic E-state index is 0.129. The molecule has 2 rings (SSSR count). The number of nitrogens with one attached hydrogen (secondary N) is 4. The van der Waals surface area contributed by atoms with Crippen LogP contribution >= 0.6 is 0 Å². The molecule has 0 saturated heterocycles. The standard InChI is InChI=1S/C25H34N6O7/c1-15(2)22(30-19(33)11-13-31-20(34)9-10-21(31)35)24(37)29-18(4-3-12-27-25(26)38)23(36)28-17-7-5-16(14-32)6-8-17/h5-10,15,18,22,32H,3-4,11-14H2,1-2H3,(H,28,36)(H,29,37)(H,30,33)(H3,26,27,38). The van der Waals surface area contributed by atoms with Crippen LogP contribution in [0.1, 0.15) is 38.7 Å². The van der Waals surface area contributed by atoms with E-state index in [1.807, 2.05) is 0 Å². The van der Waals surface area contributed by atoms with Crippen molar-refractivity contribution in [3.8, 4) is 0 Å². The fourth-order valence-corrected chi connectivity index (χ4v) is 3.62. The van der Waals surface area contributed by atoms with Gasteiger partial charge in [0.2, 0.25) is 17.7 Å². The number of anilines is 1. The summed E-state index contributed by atoms with van der Waals surface area (Å²) in [5, 5.41) is 19.6. The number of benzene rings is 1. The topological polar surface area (TPSA) is 200 Å². The number of hydrogen-bond acceptors (Lipinski definition) is 7. The Kier molecular flexibility index (Phi) is 11.4. The van der Waals surface area contributed by atoms with Gasteiger partial charge in [0.25, 0.3) is 11.8 Å². The molecule has 38 heavy (non-hydrogen) atoms. The van der Waals surface area contributed by atoms with Crippen LogP contribution in [0.2, 0.25) is 0 Å². The molecular formula is C25H34N6O7. The summed E-state index contributed by atoms with van der Waals surface area (Å²) >= 11 is 0. The smallest absolute Gasteiger partial charge is 0.312 e. The van der Waals surface area contributed by atoms with Gasteiger partial charge in [0, 0.05) is 37.3 Å². The predicted octanol–water partition coefficient (Wildman–Crippen LogP) is -0.493. The molecule has 7 N–H and O–H groups in total. The second kappa shape index (κ2) is 14.5. The van der Waals surface area contributed by atoms with Crippen molar-refractivity contribution in [3.05, 3.63) is 42.0 Å². The van der Waals surface area contributed by atoms with Crippen LogP contribution in [0.4, 0.5) is 10.5 Å². The first-order valence-corrected chi connectivity index (χ1v) is 12.2. The zero-order valence-electron chi connectivity index (χ0n) is 21.4. The van der Waals surface area contributed by atoms with Gasteiger partial charge < -0.3 is 32.1 Å². The molecule has 1 aliphatic rings. The molecule has 0 saturated carbocycles. The Balaban J connectivity index is 2.03. The maximum Gasteiger partial charge on any atom is 0.312 e. The summed E-state index contributed by atoms with van der Waals surface area (Å²) in [7, 11) is 0. The number of nitrogens with zero attached hydrogens (tertiary/aromatic N) is 1. The molecule has 1 heterocycles. The Labute approximate surface area is 220 Å². The molecule has 0 spiro atoms. The van der Waals surface area contributed by atoms with Crippen LogP contribution in [0.3, 0.4) is 0 Å². The van der Waals surface area contributed by atoms with Crippen molar-refractivity contribution in [3.63, 3.8) is 0 Å². The van der Waals surface area contributed by atoms with Crippen LogP contribution in [0.15, 0.2) is 36.4 Å². The molecule has 13 heteroatoms. The molecule has 1 aromatic rings. The number of imide groups is 1. The number of carbonyl (C=O) groups excluding carboxylic acids is 6. The average molecular weight is 531 g/mol. The highest BCUT2D eigenvalue weighted by Gasteiger charge is 2.30. The minimum atomic E-state index is -1.00. The number of carbonyl (C=O) groups is 6. The molecule has 0 aliphatic carbocycles. The molecule has 0 radical (unpaired) electrons. The highest BCUT2D eigenvalue weighted by molar-refractivity contribution is 6.13. The first-order valence-electron chi connectivity index (χ1n) is 12.2. The zero-order valence-corrected chi connectivity index (χ0v) is 21.4. The van der Waals surface area contributed by atoms with Gasteiger partial charge in [-0.15, -0.1) is 0 Å². The third-order valence-corrected chi connectivity index (χ3v) is 5.73. The van der Waals surface area contributed by atoms with Crippen molar-refractivity contribution in [2.45, 2.75) is 51.8 Å². The summed E-state index contributed by atoms with van der Waals surface area (Å²) in [6.45, 7) is 3.35. The Morgan fingerprint density at radius 3 is 2.16 bits per heavy atom. The van der Waals surface area contributed by atoms with Crippen LogP contribution in [-0.4, -0.2) is 70.7 Å². The molecular weight excluding hydrogens is 496 g/mol. The number of amides is 7. The normalized spacial score (nSPS) is 14.3. The van der Waals surface area contributed by atoms with Gasteiger partial charge in [0.15, 0.2) is 0 Å². The van der Waals surface area contributed by atoms with Crippen LogP contribution in [0.5, 0.6) is 0 Å². The van der Waals surface area contributed by atoms with Gasteiger partial charge in [-0.3, -0.25) is 28.9 Å².